The minimum absolute atomic E-state index is 0.223. The quantitative estimate of drug-likeness (QED) is 0.336. The Bertz CT molecular complexity index is 820. The second kappa shape index (κ2) is 10.7. The van der Waals surface area contributed by atoms with Crippen molar-refractivity contribution >= 4 is 46.7 Å². The van der Waals surface area contributed by atoms with E-state index in [2.05, 4.69) is 20.6 Å². The number of H-pyrrole nitrogens is 1. The first-order chi connectivity index (χ1) is 13.4. The van der Waals surface area contributed by atoms with Crippen LogP contribution in [0.4, 0.5) is 5.69 Å². The summed E-state index contributed by atoms with van der Waals surface area (Å²) < 4.78 is 9.44. The van der Waals surface area contributed by atoms with Gasteiger partial charge in [0, 0.05) is 29.4 Å². The molecule has 150 valence electrons. The summed E-state index contributed by atoms with van der Waals surface area (Å²) in [4.78, 5) is 30.9. The lowest BCUT2D eigenvalue weighted by Crippen LogP contribution is -2.30. The first-order valence-corrected chi connectivity index (χ1v) is 9.94. The number of benzene rings is 1. The fraction of sp³-hybridized carbons (Fsp3) is 0.333. The van der Waals surface area contributed by atoms with Gasteiger partial charge in [-0.1, -0.05) is 0 Å². The number of methoxy groups -OCH3 is 2. The highest BCUT2D eigenvalue weighted by Gasteiger charge is 2.14. The maximum Gasteiger partial charge on any atom is 0.337 e. The molecule has 0 unspecified atom stereocenters. The van der Waals surface area contributed by atoms with Crippen LogP contribution in [0.5, 0.6) is 0 Å². The van der Waals surface area contributed by atoms with Gasteiger partial charge in [-0.15, -0.1) is 0 Å². The lowest BCUT2D eigenvalue weighted by molar-refractivity contribution is 0.0599. The standard InChI is InChI=1S/C18H22N4O4S2/c1-11-15(21-10-20-11)9-28-5-4-19-18(27)22-14-7-12(16(23)25-2)6-13(8-14)17(24)26-3/h6-8,10H,4-5,9H2,1-3H3,(H,20,21)(H2,19,22,27). The lowest BCUT2D eigenvalue weighted by atomic mass is 10.1. The van der Waals surface area contributed by atoms with Crippen molar-refractivity contribution in [3.63, 3.8) is 0 Å². The van der Waals surface area contributed by atoms with Crippen molar-refractivity contribution in [1.29, 1.82) is 0 Å². The molecule has 2 aromatic rings. The lowest BCUT2D eigenvalue weighted by Gasteiger charge is -2.12. The van der Waals surface area contributed by atoms with Crippen LogP contribution in [0, 0.1) is 6.92 Å². The van der Waals surface area contributed by atoms with Gasteiger partial charge in [0.25, 0.3) is 0 Å². The molecule has 28 heavy (non-hydrogen) atoms. The Hall–Kier alpha value is -2.59. The predicted molar refractivity (Wildman–Crippen MR) is 113 cm³/mol. The van der Waals surface area contributed by atoms with Crippen LogP contribution in [-0.2, 0) is 15.2 Å². The molecule has 0 radical (unpaired) electrons. The van der Waals surface area contributed by atoms with E-state index in [4.69, 9.17) is 21.7 Å². The van der Waals surface area contributed by atoms with Crippen molar-refractivity contribution in [2.45, 2.75) is 12.7 Å². The van der Waals surface area contributed by atoms with Crippen molar-refractivity contribution in [2.75, 3.05) is 31.8 Å². The van der Waals surface area contributed by atoms with E-state index in [9.17, 15) is 9.59 Å². The molecule has 8 nitrogen and oxygen atoms in total. The zero-order valence-corrected chi connectivity index (χ0v) is 17.5. The number of esters is 2. The number of rotatable bonds is 8. The number of aryl methyl sites for hydroxylation is 1. The molecule has 0 spiro atoms. The van der Waals surface area contributed by atoms with Crippen LogP contribution in [-0.4, -0.2) is 53.5 Å². The second-order valence-electron chi connectivity index (χ2n) is 5.69. The van der Waals surface area contributed by atoms with Gasteiger partial charge < -0.3 is 25.1 Å². The third kappa shape index (κ3) is 6.24. The molecule has 1 aromatic heterocycles. The van der Waals surface area contributed by atoms with Crippen LogP contribution in [0.3, 0.4) is 0 Å². The Morgan fingerprint density at radius 1 is 1.18 bits per heavy atom. The molecule has 1 aromatic carbocycles. The molecular weight excluding hydrogens is 400 g/mol. The maximum atomic E-state index is 11.8. The van der Waals surface area contributed by atoms with Gasteiger partial charge in [0.05, 0.1) is 37.4 Å². The van der Waals surface area contributed by atoms with Gasteiger partial charge >= 0.3 is 11.9 Å². The predicted octanol–water partition coefficient (Wildman–Crippen LogP) is 2.51. The molecule has 0 saturated carbocycles. The van der Waals surface area contributed by atoms with Crippen molar-refractivity contribution in [2.24, 2.45) is 0 Å². The average Bonchev–Trinajstić information content (AvgIpc) is 3.10. The number of ether oxygens (including phenoxy) is 2. The fourth-order valence-corrected chi connectivity index (χ4v) is 3.38. The van der Waals surface area contributed by atoms with Gasteiger partial charge in [0.15, 0.2) is 5.11 Å². The van der Waals surface area contributed by atoms with Crippen molar-refractivity contribution in [3.8, 4) is 0 Å². The summed E-state index contributed by atoms with van der Waals surface area (Å²) in [6, 6.07) is 4.52. The van der Waals surface area contributed by atoms with E-state index in [0.29, 0.717) is 17.3 Å². The average molecular weight is 423 g/mol. The smallest absolute Gasteiger partial charge is 0.337 e. The Morgan fingerprint density at radius 2 is 1.82 bits per heavy atom. The third-order valence-electron chi connectivity index (χ3n) is 3.74. The SMILES string of the molecule is COC(=O)c1cc(NC(=S)NCCSCc2nc[nH]c2C)cc(C(=O)OC)c1. The van der Waals surface area contributed by atoms with Crippen LogP contribution in [0.1, 0.15) is 32.1 Å². The molecule has 0 aliphatic rings. The normalized spacial score (nSPS) is 10.2. The van der Waals surface area contributed by atoms with Gasteiger partial charge in [-0.05, 0) is 37.3 Å². The molecule has 0 aliphatic carbocycles. The molecule has 0 fully saturated rings. The van der Waals surface area contributed by atoms with E-state index in [1.54, 1.807) is 30.2 Å². The largest absolute Gasteiger partial charge is 0.465 e. The number of hydrogen-bond donors (Lipinski definition) is 3. The molecule has 10 heteroatoms. The van der Waals surface area contributed by atoms with Crippen molar-refractivity contribution in [3.05, 3.63) is 47.0 Å². The zero-order chi connectivity index (χ0) is 20.5. The summed E-state index contributed by atoms with van der Waals surface area (Å²) >= 11 is 7.02. The first kappa shape index (κ1) is 21.7. The van der Waals surface area contributed by atoms with E-state index in [1.165, 1.54) is 20.3 Å². The van der Waals surface area contributed by atoms with Crippen LogP contribution in [0.25, 0.3) is 0 Å². The van der Waals surface area contributed by atoms with Gasteiger partial charge in [-0.3, -0.25) is 0 Å². The van der Waals surface area contributed by atoms with Crippen LogP contribution < -0.4 is 10.6 Å². The van der Waals surface area contributed by atoms with E-state index in [1.807, 2.05) is 6.92 Å². The first-order valence-electron chi connectivity index (χ1n) is 8.37. The van der Waals surface area contributed by atoms with Crippen molar-refractivity contribution in [1.82, 2.24) is 15.3 Å². The number of thioether (sulfide) groups is 1. The number of aromatic nitrogens is 2. The fourth-order valence-electron chi connectivity index (χ4n) is 2.28. The Labute approximate surface area is 172 Å². The number of nitrogens with zero attached hydrogens (tertiary/aromatic N) is 1. The number of thiocarbonyl (C=S) groups is 1. The highest BCUT2D eigenvalue weighted by molar-refractivity contribution is 7.98. The van der Waals surface area contributed by atoms with Gasteiger partial charge in [-0.2, -0.15) is 11.8 Å². The van der Waals surface area contributed by atoms with Crippen LogP contribution >= 0.6 is 24.0 Å². The molecule has 3 N–H and O–H groups in total. The van der Waals surface area contributed by atoms with Gasteiger partial charge in [-0.25, -0.2) is 14.6 Å². The maximum absolute atomic E-state index is 11.8. The summed E-state index contributed by atoms with van der Waals surface area (Å²) in [5.41, 5.74) is 3.05. The Morgan fingerprint density at radius 3 is 2.36 bits per heavy atom. The van der Waals surface area contributed by atoms with E-state index >= 15 is 0 Å². The highest BCUT2D eigenvalue weighted by Crippen LogP contribution is 2.17. The van der Waals surface area contributed by atoms with Crippen LogP contribution in [0.2, 0.25) is 0 Å². The Balaban J connectivity index is 1.88. The number of imidazole rings is 1. The third-order valence-corrected chi connectivity index (χ3v) is 4.95. The number of hydrogen-bond acceptors (Lipinski definition) is 7. The van der Waals surface area contributed by atoms with E-state index < -0.39 is 11.9 Å². The minimum Gasteiger partial charge on any atom is -0.465 e. The number of carbonyl (C=O) groups is 2. The molecule has 0 atom stereocenters. The van der Waals surface area contributed by atoms with Crippen LogP contribution in [0.15, 0.2) is 24.5 Å². The number of carbonyl (C=O) groups excluding carboxylic acids is 2. The molecule has 0 bridgehead atoms. The number of nitrogens with one attached hydrogen (secondary N) is 3. The molecule has 1 heterocycles. The summed E-state index contributed by atoms with van der Waals surface area (Å²) in [5, 5.41) is 6.45. The summed E-state index contributed by atoms with van der Waals surface area (Å²) in [6.07, 6.45) is 1.69. The zero-order valence-electron chi connectivity index (χ0n) is 15.8. The molecule has 0 aliphatic heterocycles. The number of aromatic amines is 1. The molecule has 0 amide bonds. The van der Waals surface area contributed by atoms with Crippen molar-refractivity contribution < 1.29 is 19.1 Å². The van der Waals surface area contributed by atoms with E-state index in [-0.39, 0.29) is 11.1 Å². The van der Waals surface area contributed by atoms with Gasteiger partial charge in [0.1, 0.15) is 0 Å². The highest BCUT2D eigenvalue weighted by atomic mass is 32.2. The van der Waals surface area contributed by atoms with Gasteiger partial charge in [0.2, 0.25) is 0 Å². The molecule has 0 saturated heterocycles. The Kier molecular flexibility index (Phi) is 8.27. The van der Waals surface area contributed by atoms with E-state index in [0.717, 1.165) is 22.9 Å². The number of anilines is 1. The summed E-state index contributed by atoms with van der Waals surface area (Å²) in [6.45, 7) is 2.64. The summed E-state index contributed by atoms with van der Waals surface area (Å²) in [7, 11) is 2.54. The molecular formula is C18H22N4O4S2. The molecule has 2 rings (SSSR count). The minimum atomic E-state index is -0.558. The second-order valence-corrected chi connectivity index (χ2v) is 7.20. The topological polar surface area (TPSA) is 105 Å². The monoisotopic (exact) mass is 422 g/mol. The summed E-state index contributed by atoms with van der Waals surface area (Å²) in [5.74, 6) is 0.542.